The molecule has 3 aromatic heterocycles. The van der Waals surface area contributed by atoms with E-state index in [-0.39, 0.29) is 29.2 Å². The number of hydrogen-bond acceptors (Lipinski definition) is 6. The van der Waals surface area contributed by atoms with Gasteiger partial charge in [0.25, 0.3) is 5.56 Å². The number of hydrogen-bond donors (Lipinski definition) is 0. The Morgan fingerprint density at radius 1 is 1.25 bits per heavy atom. The zero-order chi connectivity index (χ0) is 23.0. The lowest BCUT2D eigenvalue weighted by Crippen LogP contribution is -2.45. The molecule has 2 atom stereocenters. The smallest absolute Gasteiger partial charge is 0.417 e. The van der Waals surface area contributed by atoms with E-state index in [2.05, 4.69) is 9.97 Å². The van der Waals surface area contributed by atoms with Gasteiger partial charge in [-0.2, -0.15) is 18.4 Å². The van der Waals surface area contributed by atoms with Gasteiger partial charge in [-0.25, -0.2) is 9.97 Å². The summed E-state index contributed by atoms with van der Waals surface area (Å²) in [6.45, 7) is 3.07. The first-order chi connectivity index (χ1) is 15.2. The molecule has 0 bridgehead atoms. The number of nitriles is 1. The minimum atomic E-state index is -4.45. The number of anilines is 1. The second-order valence-corrected chi connectivity index (χ2v) is 7.85. The Labute approximate surface area is 181 Å². The summed E-state index contributed by atoms with van der Waals surface area (Å²) in [5, 5.41) is 9.22. The van der Waals surface area contributed by atoms with Crippen LogP contribution < -0.4 is 15.2 Å². The summed E-state index contributed by atoms with van der Waals surface area (Å²) in [6, 6.07) is 9.00. The SMILES string of the molecule is C[C@@H]1CN(c2cc(=O)n(C)c3ccc(C#N)nc23)CC[C@@H]1Oc1ccc(C(F)(F)F)cn1. The fraction of sp³-hybridized carbons (Fsp3) is 0.364. The van der Waals surface area contributed by atoms with Crippen LogP contribution in [0.3, 0.4) is 0 Å². The molecule has 0 unspecified atom stereocenters. The van der Waals surface area contributed by atoms with Crippen LogP contribution in [0.1, 0.15) is 24.6 Å². The average Bonchev–Trinajstić information content (AvgIpc) is 2.77. The minimum absolute atomic E-state index is 0.00565. The zero-order valence-corrected chi connectivity index (χ0v) is 17.4. The predicted octanol–water partition coefficient (Wildman–Crippen LogP) is 3.51. The van der Waals surface area contributed by atoms with Crippen LogP contribution in [-0.4, -0.2) is 33.7 Å². The third kappa shape index (κ3) is 4.10. The highest BCUT2D eigenvalue weighted by Gasteiger charge is 2.32. The maximum Gasteiger partial charge on any atom is 0.417 e. The Balaban J connectivity index is 1.55. The molecule has 7 nitrogen and oxygen atoms in total. The Hall–Kier alpha value is -3.61. The summed E-state index contributed by atoms with van der Waals surface area (Å²) >= 11 is 0. The van der Waals surface area contributed by atoms with E-state index in [9.17, 15) is 23.2 Å². The Morgan fingerprint density at radius 3 is 2.66 bits per heavy atom. The molecule has 4 rings (SSSR count). The molecule has 3 aromatic rings. The number of piperidine rings is 1. The van der Waals surface area contributed by atoms with Crippen molar-refractivity contribution in [1.82, 2.24) is 14.5 Å². The number of aryl methyl sites for hydroxylation is 1. The van der Waals surface area contributed by atoms with Crippen LogP contribution >= 0.6 is 0 Å². The van der Waals surface area contributed by atoms with Crippen LogP contribution in [-0.2, 0) is 13.2 Å². The van der Waals surface area contributed by atoms with Crippen molar-refractivity contribution in [2.24, 2.45) is 13.0 Å². The average molecular weight is 443 g/mol. The molecule has 0 N–H and O–H groups in total. The van der Waals surface area contributed by atoms with Crippen molar-refractivity contribution in [3.05, 3.63) is 58.1 Å². The largest absolute Gasteiger partial charge is 0.474 e. The first-order valence-corrected chi connectivity index (χ1v) is 10.0. The van der Waals surface area contributed by atoms with E-state index in [1.165, 1.54) is 16.7 Å². The van der Waals surface area contributed by atoms with Gasteiger partial charge in [-0.15, -0.1) is 0 Å². The van der Waals surface area contributed by atoms with E-state index in [1.807, 2.05) is 17.9 Å². The molecule has 1 saturated heterocycles. The summed E-state index contributed by atoms with van der Waals surface area (Å²) < 4.78 is 45.5. The molecule has 1 aliphatic rings. The number of nitrogens with zero attached hydrogens (tertiary/aromatic N) is 5. The number of halogens is 3. The zero-order valence-electron chi connectivity index (χ0n) is 17.4. The fourth-order valence-corrected chi connectivity index (χ4v) is 3.91. The highest BCUT2D eigenvalue weighted by atomic mass is 19.4. The molecule has 1 fully saturated rings. The van der Waals surface area contributed by atoms with E-state index in [4.69, 9.17) is 4.74 Å². The molecule has 0 aliphatic carbocycles. The lowest BCUT2D eigenvalue weighted by atomic mass is 9.96. The molecule has 0 radical (unpaired) electrons. The van der Waals surface area contributed by atoms with Gasteiger partial charge in [0.05, 0.1) is 16.8 Å². The maximum absolute atomic E-state index is 12.7. The predicted molar refractivity (Wildman–Crippen MR) is 111 cm³/mol. The molecule has 32 heavy (non-hydrogen) atoms. The summed E-state index contributed by atoms with van der Waals surface area (Å²) in [5.74, 6) is 0.147. The summed E-state index contributed by atoms with van der Waals surface area (Å²) in [6.07, 6.45) is -3.34. The molecule has 0 amide bonds. The molecule has 1 aliphatic heterocycles. The molecular weight excluding hydrogens is 423 g/mol. The van der Waals surface area contributed by atoms with Gasteiger partial charge in [-0.1, -0.05) is 6.92 Å². The highest BCUT2D eigenvalue weighted by Crippen LogP contribution is 2.31. The molecule has 4 heterocycles. The number of aromatic nitrogens is 3. The van der Waals surface area contributed by atoms with Crippen LogP contribution in [0.25, 0.3) is 11.0 Å². The van der Waals surface area contributed by atoms with Crippen LogP contribution in [0.15, 0.2) is 41.3 Å². The third-order valence-electron chi connectivity index (χ3n) is 5.69. The second-order valence-electron chi connectivity index (χ2n) is 7.85. The number of ether oxygens (including phenoxy) is 1. The van der Waals surface area contributed by atoms with E-state index in [0.717, 1.165) is 12.3 Å². The lowest BCUT2D eigenvalue weighted by molar-refractivity contribution is -0.137. The number of fused-ring (bicyclic) bond motifs is 1. The number of pyridine rings is 3. The first-order valence-electron chi connectivity index (χ1n) is 10.0. The van der Waals surface area contributed by atoms with Gasteiger partial charge in [0, 0.05) is 50.8 Å². The summed E-state index contributed by atoms with van der Waals surface area (Å²) in [5.41, 5.74) is 1.11. The van der Waals surface area contributed by atoms with Crippen molar-refractivity contribution in [3.63, 3.8) is 0 Å². The second kappa shape index (κ2) is 8.15. The molecule has 10 heteroatoms. The van der Waals surface area contributed by atoms with E-state index in [0.29, 0.717) is 36.2 Å². The van der Waals surface area contributed by atoms with Gasteiger partial charge < -0.3 is 14.2 Å². The molecular formula is C22H20F3N5O2. The Morgan fingerprint density at radius 2 is 2.03 bits per heavy atom. The molecule has 0 aromatic carbocycles. The van der Waals surface area contributed by atoms with E-state index < -0.39 is 11.7 Å². The van der Waals surface area contributed by atoms with Gasteiger partial charge in [0.2, 0.25) is 5.88 Å². The fourth-order valence-electron chi connectivity index (χ4n) is 3.91. The van der Waals surface area contributed by atoms with Crippen molar-refractivity contribution < 1.29 is 17.9 Å². The van der Waals surface area contributed by atoms with Crippen molar-refractivity contribution in [1.29, 1.82) is 5.26 Å². The quantitative estimate of drug-likeness (QED) is 0.616. The summed E-state index contributed by atoms with van der Waals surface area (Å²) in [7, 11) is 1.65. The maximum atomic E-state index is 12.7. The van der Waals surface area contributed by atoms with Crippen LogP contribution in [0.5, 0.6) is 5.88 Å². The van der Waals surface area contributed by atoms with Crippen molar-refractivity contribution in [2.75, 3.05) is 18.0 Å². The standard InChI is InChI=1S/C22H20F3N5O2/c1-13-12-30(8-7-18(13)32-19-6-3-14(11-27-19)22(23,24)25)17-9-20(31)29(2)16-5-4-15(10-26)28-21(16)17/h3-6,9,11,13,18H,7-8,12H2,1-2H3/t13-,18+/m1/s1. The van der Waals surface area contributed by atoms with Gasteiger partial charge in [0.15, 0.2) is 0 Å². The van der Waals surface area contributed by atoms with Crippen LogP contribution in [0.2, 0.25) is 0 Å². The minimum Gasteiger partial charge on any atom is -0.474 e. The number of rotatable bonds is 3. The summed E-state index contributed by atoms with van der Waals surface area (Å²) in [4.78, 5) is 22.7. The molecule has 0 spiro atoms. The third-order valence-corrected chi connectivity index (χ3v) is 5.69. The lowest BCUT2D eigenvalue weighted by Gasteiger charge is -2.38. The van der Waals surface area contributed by atoms with Gasteiger partial charge >= 0.3 is 6.18 Å². The number of alkyl halides is 3. The first kappa shape index (κ1) is 21.6. The van der Waals surface area contributed by atoms with Gasteiger partial charge in [-0.05, 0) is 18.2 Å². The van der Waals surface area contributed by atoms with Gasteiger partial charge in [-0.3, -0.25) is 4.79 Å². The topological polar surface area (TPSA) is 84.0 Å². The molecule has 0 saturated carbocycles. The van der Waals surface area contributed by atoms with Crippen LogP contribution in [0.4, 0.5) is 18.9 Å². The van der Waals surface area contributed by atoms with Gasteiger partial charge in [0.1, 0.15) is 23.4 Å². The monoisotopic (exact) mass is 443 g/mol. The highest BCUT2D eigenvalue weighted by molar-refractivity contribution is 5.88. The van der Waals surface area contributed by atoms with Crippen molar-refractivity contribution in [2.45, 2.75) is 25.6 Å². The van der Waals surface area contributed by atoms with E-state index >= 15 is 0 Å². The van der Waals surface area contributed by atoms with Crippen molar-refractivity contribution in [3.8, 4) is 11.9 Å². The van der Waals surface area contributed by atoms with Crippen molar-refractivity contribution >= 4 is 16.7 Å². The van der Waals surface area contributed by atoms with E-state index in [1.54, 1.807) is 19.2 Å². The van der Waals surface area contributed by atoms with Crippen LogP contribution in [0, 0.1) is 17.2 Å². The Bertz CT molecular complexity index is 1250. The normalized spacial score (nSPS) is 19.1. The Kier molecular flexibility index (Phi) is 5.50. The molecule has 166 valence electrons.